The van der Waals surface area contributed by atoms with E-state index in [1.807, 2.05) is 90.0 Å². The van der Waals surface area contributed by atoms with Gasteiger partial charge < -0.3 is 39.4 Å². The van der Waals surface area contributed by atoms with Crippen LogP contribution in [0.1, 0.15) is 180 Å². The number of carbonyl (C=O) groups excluding carboxylic acids is 8. The number of aliphatic imine (C=N–C) groups is 4. The monoisotopic (exact) mass is 1500 g/mol. The fraction of sp³-hybridized carbons (Fsp3) is 0.488. The van der Waals surface area contributed by atoms with Gasteiger partial charge in [-0.15, -0.1) is 0 Å². The van der Waals surface area contributed by atoms with E-state index in [1.165, 1.54) is 38.5 Å². The van der Waals surface area contributed by atoms with Gasteiger partial charge in [-0.2, -0.15) is 0 Å². The number of nitrogens with one attached hydrogen (secondary N) is 4. The third-order valence-electron chi connectivity index (χ3n) is 22.7. The van der Waals surface area contributed by atoms with E-state index >= 15 is 0 Å². The molecule has 0 radical (unpaired) electrons. The number of hydrogen-bond acceptors (Lipinski definition) is 16. The number of allylic oxidation sites excluding steroid dienone is 4. The number of benzene rings is 4. The Balaban J connectivity index is 0.000000218. The van der Waals surface area contributed by atoms with Crippen LogP contribution in [0.2, 0.25) is 0 Å². The molecular weight excluding hydrogens is 1390 g/mol. The summed E-state index contributed by atoms with van der Waals surface area (Å²) in [5.74, 6) is -0.977. The molecule has 4 aromatic rings. The molecule has 24 heteroatoms. The molecule has 8 atom stereocenters. The van der Waals surface area contributed by atoms with Crippen molar-refractivity contribution in [1.29, 1.82) is 0 Å². The number of likely N-dealkylation sites (tertiary alicyclic amines) is 2. The van der Waals surface area contributed by atoms with Crippen molar-refractivity contribution < 1.29 is 57.3 Å². The van der Waals surface area contributed by atoms with E-state index < -0.39 is 36.5 Å². The molecule has 24 nitrogen and oxygen atoms in total. The SMILES string of the molecule is COC(=O)N[C@H](C(=O)N1CCC[C@H]1C1=NC=C(c2ccc(-c3ccc(C4=CN=C([C@@H]5CCCC[C@H]5C(=O)N(NC(=O)OC)C(C)C)C4)cc3)cc2)C1)C(C)C.COC(=O)N[C@H](C(=O)N1CCC[C@H]1C1=NC=C(c2ccc(-c3ccc(C4=CN=C([C@H]5CCCC[C@@H]5C(=O)N(NC(=O)OC)C(C)C)C4)cc3)cc2)C1)C(C)C. The van der Waals surface area contributed by atoms with Crippen molar-refractivity contribution in [2.24, 2.45) is 55.5 Å². The van der Waals surface area contributed by atoms with Crippen LogP contribution in [0, 0.1) is 35.5 Å². The third kappa shape index (κ3) is 18.8. The highest BCUT2D eigenvalue weighted by molar-refractivity contribution is 6.06. The number of nitrogens with zero attached hydrogens (tertiary/aromatic N) is 8. The predicted molar refractivity (Wildman–Crippen MR) is 428 cm³/mol. The summed E-state index contributed by atoms with van der Waals surface area (Å²) in [6.07, 6.45) is 18.8. The average Bonchev–Trinajstić information content (AvgIpc) is 1.58. The van der Waals surface area contributed by atoms with Gasteiger partial charge in [0.1, 0.15) is 12.1 Å². The minimum atomic E-state index is -0.656. The van der Waals surface area contributed by atoms with E-state index in [0.29, 0.717) is 38.8 Å². The lowest BCUT2D eigenvalue weighted by atomic mass is 9.74. The number of methoxy groups -OCH3 is 4. The van der Waals surface area contributed by atoms with Crippen molar-refractivity contribution in [3.8, 4) is 22.3 Å². The number of alkyl carbamates (subject to hydrolysis) is 2. The second kappa shape index (κ2) is 36.8. The Labute approximate surface area is 646 Å². The average molecular weight is 1500 g/mol. The van der Waals surface area contributed by atoms with E-state index in [0.717, 1.165) is 167 Å². The number of carbonyl (C=O) groups is 8. The number of hydrogen-bond donors (Lipinski definition) is 4. The van der Waals surface area contributed by atoms with Crippen LogP contribution in [0.4, 0.5) is 19.2 Å². The fourth-order valence-electron chi connectivity index (χ4n) is 16.5. The molecule has 0 aromatic heterocycles. The van der Waals surface area contributed by atoms with Gasteiger partial charge in [-0.05, 0) is 158 Å². The minimum absolute atomic E-state index is 0.0251. The molecule has 6 heterocycles. The van der Waals surface area contributed by atoms with E-state index in [-0.39, 0.29) is 83.3 Å². The second-order valence-electron chi connectivity index (χ2n) is 31.0. The summed E-state index contributed by atoms with van der Waals surface area (Å²) >= 11 is 0. The van der Waals surface area contributed by atoms with Gasteiger partial charge in [0.2, 0.25) is 23.6 Å². The molecule has 6 aliphatic heterocycles. The summed E-state index contributed by atoms with van der Waals surface area (Å²) in [5, 5.41) is 8.25. The van der Waals surface area contributed by atoms with Gasteiger partial charge >= 0.3 is 24.4 Å². The van der Waals surface area contributed by atoms with Crippen molar-refractivity contribution in [3.05, 3.63) is 144 Å². The predicted octanol–water partition coefficient (Wildman–Crippen LogP) is 14.8. The summed E-state index contributed by atoms with van der Waals surface area (Å²) in [6.45, 7) is 16.5. The van der Waals surface area contributed by atoms with E-state index in [4.69, 9.17) is 38.9 Å². The van der Waals surface area contributed by atoms with E-state index in [9.17, 15) is 38.4 Å². The maximum atomic E-state index is 13.7. The van der Waals surface area contributed by atoms with Crippen molar-refractivity contribution in [1.82, 2.24) is 41.3 Å². The number of amides is 8. The summed E-state index contributed by atoms with van der Waals surface area (Å²) in [6, 6.07) is 32.2. The number of rotatable bonds is 20. The van der Waals surface area contributed by atoms with Crippen molar-refractivity contribution in [2.75, 3.05) is 41.5 Å². The Morgan fingerprint density at radius 1 is 0.364 bits per heavy atom. The molecule has 2 aliphatic carbocycles. The van der Waals surface area contributed by atoms with Crippen LogP contribution in [-0.4, -0.2) is 168 Å². The summed E-state index contributed by atoms with van der Waals surface area (Å²) in [4.78, 5) is 125. The lowest BCUT2D eigenvalue weighted by Crippen LogP contribution is -2.54. The quantitative estimate of drug-likeness (QED) is 0.0475. The molecule has 0 bridgehead atoms. The number of hydrazine groups is 2. The van der Waals surface area contributed by atoms with Crippen molar-refractivity contribution >= 4 is 93.1 Å². The highest BCUT2D eigenvalue weighted by atomic mass is 16.6. The van der Waals surface area contributed by atoms with Crippen LogP contribution in [0.25, 0.3) is 44.5 Å². The largest absolute Gasteiger partial charge is 0.453 e. The van der Waals surface area contributed by atoms with Crippen LogP contribution >= 0.6 is 0 Å². The van der Waals surface area contributed by atoms with Crippen LogP contribution in [0.5, 0.6) is 0 Å². The zero-order valence-electron chi connectivity index (χ0n) is 65.7. The van der Waals surface area contributed by atoms with Gasteiger partial charge in [0, 0.05) is 122 Å². The Morgan fingerprint density at radius 3 is 0.918 bits per heavy atom. The Hall–Kier alpha value is -10.5. The maximum Gasteiger partial charge on any atom is 0.425 e. The lowest BCUT2D eigenvalue weighted by Gasteiger charge is -2.36. The van der Waals surface area contributed by atoms with Crippen LogP contribution in [-0.2, 0) is 38.1 Å². The summed E-state index contributed by atoms with van der Waals surface area (Å²) < 4.78 is 19.1. The Bertz CT molecular complexity index is 4030. The smallest absolute Gasteiger partial charge is 0.425 e. The highest BCUT2D eigenvalue weighted by Crippen LogP contribution is 2.42. The molecule has 4 fully saturated rings. The van der Waals surface area contributed by atoms with E-state index in [2.05, 4.69) is 119 Å². The van der Waals surface area contributed by atoms with Gasteiger partial charge in [-0.3, -0.25) is 39.1 Å². The Morgan fingerprint density at radius 2 is 0.636 bits per heavy atom. The van der Waals surface area contributed by atoms with Gasteiger partial charge in [0.25, 0.3) is 0 Å². The first-order chi connectivity index (χ1) is 53.0. The third-order valence-corrected chi connectivity index (χ3v) is 22.7. The summed E-state index contributed by atoms with van der Waals surface area (Å²) in [5.41, 5.74) is 22.6. The first-order valence-corrected chi connectivity index (χ1v) is 39.1. The molecule has 4 aromatic carbocycles. The van der Waals surface area contributed by atoms with Gasteiger partial charge in [-0.1, -0.05) is 150 Å². The van der Waals surface area contributed by atoms with Crippen LogP contribution < -0.4 is 21.5 Å². The van der Waals surface area contributed by atoms with Crippen molar-refractivity contribution in [3.63, 3.8) is 0 Å². The zero-order chi connectivity index (χ0) is 78.4. The highest BCUT2D eigenvalue weighted by Gasteiger charge is 2.44. The first-order valence-electron chi connectivity index (χ1n) is 39.1. The molecule has 2 saturated carbocycles. The fourth-order valence-corrected chi connectivity index (χ4v) is 16.5. The molecule has 0 spiro atoms. The molecule has 8 amide bonds. The summed E-state index contributed by atoms with van der Waals surface area (Å²) in [7, 11) is 5.19. The Kier molecular flexibility index (Phi) is 26.9. The molecule has 0 unspecified atom stereocenters. The molecule has 584 valence electrons. The molecule has 4 N–H and O–H groups in total. The maximum absolute atomic E-state index is 13.7. The molecule has 8 aliphatic rings. The normalized spacial score (nSPS) is 21.4. The van der Waals surface area contributed by atoms with Gasteiger partial charge in [0.15, 0.2) is 0 Å². The lowest BCUT2D eigenvalue weighted by molar-refractivity contribution is -0.143. The molecule has 12 rings (SSSR count). The van der Waals surface area contributed by atoms with Crippen LogP contribution in [0.3, 0.4) is 0 Å². The minimum Gasteiger partial charge on any atom is -0.453 e. The molecular formula is C86H108N12O12. The molecule has 110 heavy (non-hydrogen) atoms. The standard InChI is InChI=1S/2C43H54N6O6/c2*1-26(2)39(46-42(52)54-5)41(51)48-21-9-12-38(48)37-23-33(25-45-37)31-19-15-29(16-20-31)28-13-17-30(18-14-28)32-22-36(44-24-32)34-10-7-8-11-35(34)40(50)49(27(3)4)47-43(53)55-6/h2*13-20,24-27,34-35,38-39H,7-12,21-23H2,1-6H3,(H,46,52)(H,47,53)/t34-,35-,38+,39+;34-,35-,38-,39-/m10/s1. The van der Waals surface area contributed by atoms with Gasteiger partial charge in [0.05, 0.1) is 40.5 Å². The topological polar surface area (TPSA) is 284 Å². The van der Waals surface area contributed by atoms with Gasteiger partial charge in [-0.25, -0.2) is 40.0 Å². The van der Waals surface area contributed by atoms with Crippen LogP contribution in [0.15, 0.2) is 142 Å². The second-order valence-corrected chi connectivity index (χ2v) is 31.0. The molecule has 2 saturated heterocycles. The zero-order valence-corrected chi connectivity index (χ0v) is 65.7. The van der Waals surface area contributed by atoms with E-state index in [1.54, 1.807) is 0 Å². The first kappa shape index (κ1) is 80.5. The van der Waals surface area contributed by atoms with Crippen molar-refractivity contribution in [2.45, 2.75) is 194 Å². The number of ether oxygens (including phenoxy) is 4.